The highest BCUT2D eigenvalue weighted by molar-refractivity contribution is 5.95. The number of carbonyl (C=O) groups excluding carboxylic acids is 1. The average Bonchev–Trinajstić information content (AvgIpc) is 2.62. The molecule has 2 rings (SSSR count). The third-order valence-electron chi connectivity index (χ3n) is 3.71. The minimum Gasteiger partial charge on any atom is -0.493 e. The van der Waals surface area contributed by atoms with Crippen molar-refractivity contribution in [2.45, 2.75) is 13.8 Å². The van der Waals surface area contributed by atoms with Crippen LogP contribution in [0.2, 0.25) is 0 Å². The van der Waals surface area contributed by atoms with Gasteiger partial charge in [-0.05, 0) is 38.1 Å². The van der Waals surface area contributed by atoms with E-state index in [-0.39, 0.29) is 5.91 Å². The first-order chi connectivity index (χ1) is 11.6. The summed E-state index contributed by atoms with van der Waals surface area (Å²) in [7, 11) is 3.18. The number of carbonyl (C=O) groups is 1. The first-order valence-electron chi connectivity index (χ1n) is 7.87. The van der Waals surface area contributed by atoms with E-state index in [0.717, 1.165) is 5.69 Å². The number of pyridine rings is 1. The molecule has 24 heavy (non-hydrogen) atoms. The third-order valence-corrected chi connectivity index (χ3v) is 3.71. The minimum atomic E-state index is -0.00207. The maximum atomic E-state index is 12.4. The molecule has 0 saturated heterocycles. The Morgan fingerprint density at radius 1 is 1.08 bits per heavy atom. The molecule has 1 amide bonds. The van der Waals surface area contributed by atoms with Crippen molar-refractivity contribution in [2.75, 3.05) is 32.6 Å². The molecule has 0 bridgehead atoms. The van der Waals surface area contributed by atoms with Gasteiger partial charge in [-0.15, -0.1) is 0 Å². The fourth-order valence-electron chi connectivity index (χ4n) is 2.39. The number of methoxy groups -OCH3 is 2. The standard InChI is InChI=1S/C18H23N3O3/c1-5-21(6-2)18(22)13-9-10-19-17(11-13)20-14-7-8-15(23-3)16(12-14)24-4/h7-12H,5-6H2,1-4H3,(H,19,20). The van der Waals surface area contributed by atoms with Crippen LogP contribution in [0, 0.1) is 0 Å². The maximum absolute atomic E-state index is 12.4. The summed E-state index contributed by atoms with van der Waals surface area (Å²) >= 11 is 0. The van der Waals surface area contributed by atoms with Gasteiger partial charge in [-0.3, -0.25) is 4.79 Å². The molecule has 1 N–H and O–H groups in total. The van der Waals surface area contributed by atoms with Crippen molar-refractivity contribution in [3.63, 3.8) is 0 Å². The molecule has 0 aliphatic rings. The van der Waals surface area contributed by atoms with E-state index in [1.165, 1.54) is 0 Å². The van der Waals surface area contributed by atoms with Gasteiger partial charge in [0.05, 0.1) is 14.2 Å². The predicted octanol–water partition coefficient (Wildman–Crippen LogP) is 3.32. The van der Waals surface area contributed by atoms with Crippen LogP contribution in [0.25, 0.3) is 0 Å². The maximum Gasteiger partial charge on any atom is 0.254 e. The molecule has 0 saturated carbocycles. The van der Waals surface area contributed by atoms with Gasteiger partial charge in [0, 0.05) is 36.6 Å². The van der Waals surface area contributed by atoms with Gasteiger partial charge in [0.25, 0.3) is 5.91 Å². The molecular formula is C18H23N3O3. The summed E-state index contributed by atoms with van der Waals surface area (Å²) in [5.74, 6) is 1.87. The monoisotopic (exact) mass is 329 g/mol. The van der Waals surface area contributed by atoms with E-state index in [2.05, 4.69) is 10.3 Å². The summed E-state index contributed by atoms with van der Waals surface area (Å²) in [6, 6.07) is 8.96. The Bertz CT molecular complexity index is 700. The second-order valence-corrected chi connectivity index (χ2v) is 5.10. The number of aromatic nitrogens is 1. The van der Waals surface area contributed by atoms with Gasteiger partial charge in [0.15, 0.2) is 11.5 Å². The average molecular weight is 329 g/mol. The number of rotatable bonds is 7. The number of hydrogen-bond acceptors (Lipinski definition) is 5. The topological polar surface area (TPSA) is 63.7 Å². The Hall–Kier alpha value is -2.76. The molecule has 0 unspecified atom stereocenters. The lowest BCUT2D eigenvalue weighted by molar-refractivity contribution is 0.0773. The summed E-state index contributed by atoms with van der Waals surface area (Å²) in [5.41, 5.74) is 1.41. The number of hydrogen-bond donors (Lipinski definition) is 1. The molecule has 1 aromatic carbocycles. The Morgan fingerprint density at radius 3 is 2.42 bits per heavy atom. The van der Waals surface area contributed by atoms with Crippen LogP contribution in [-0.4, -0.2) is 43.1 Å². The summed E-state index contributed by atoms with van der Waals surface area (Å²) in [6.45, 7) is 5.28. The fraction of sp³-hybridized carbons (Fsp3) is 0.333. The summed E-state index contributed by atoms with van der Waals surface area (Å²) in [5, 5.41) is 3.18. The molecule has 6 heteroatoms. The zero-order chi connectivity index (χ0) is 17.5. The Morgan fingerprint density at radius 2 is 1.79 bits per heavy atom. The van der Waals surface area contributed by atoms with Crippen LogP contribution < -0.4 is 14.8 Å². The van der Waals surface area contributed by atoms with E-state index in [9.17, 15) is 4.79 Å². The molecular weight excluding hydrogens is 306 g/mol. The van der Waals surface area contributed by atoms with Gasteiger partial charge < -0.3 is 19.7 Å². The summed E-state index contributed by atoms with van der Waals surface area (Å²) in [4.78, 5) is 18.5. The van der Waals surface area contributed by atoms with Crippen LogP contribution in [0.15, 0.2) is 36.5 Å². The van der Waals surface area contributed by atoms with Crippen molar-refractivity contribution >= 4 is 17.4 Å². The molecule has 2 aromatic rings. The first-order valence-corrected chi connectivity index (χ1v) is 7.87. The van der Waals surface area contributed by atoms with Crippen LogP contribution in [0.5, 0.6) is 11.5 Å². The Kier molecular flexibility index (Phi) is 6.01. The van der Waals surface area contributed by atoms with E-state index in [4.69, 9.17) is 9.47 Å². The molecule has 6 nitrogen and oxygen atoms in total. The van der Waals surface area contributed by atoms with Crippen LogP contribution in [0.4, 0.5) is 11.5 Å². The highest BCUT2D eigenvalue weighted by atomic mass is 16.5. The number of benzene rings is 1. The van der Waals surface area contributed by atoms with Gasteiger partial charge in [-0.2, -0.15) is 0 Å². The van der Waals surface area contributed by atoms with E-state index in [1.807, 2.05) is 32.0 Å². The Labute approximate surface area is 142 Å². The normalized spacial score (nSPS) is 10.2. The van der Waals surface area contributed by atoms with Gasteiger partial charge in [-0.25, -0.2) is 4.98 Å². The number of anilines is 2. The summed E-state index contributed by atoms with van der Waals surface area (Å²) < 4.78 is 10.5. The van der Waals surface area contributed by atoms with E-state index in [0.29, 0.717) is 36.0 Å². The van der Waals surface area contributed by atoms with E-state index >= 15 is 0 Å². The second kappa shape index (κ2) is 8.19. The molecule has 0 aliphatic carbocycles. The summed E-state index contributed by atoms with van der Waals surface area (Å²) in [6.07, 6.45) is 1.62. The van der Waals surface area contributed by atoms with Gasteiger partial charge in [0.2, 0.25) is 0 Å². The van der Waals surface area contributed by atoms with Crippen LogP contribution in [0.3, 0.4) is 0 Å². The lowest BCUT2D eigenvalue weighted by Crippen LogP contribution is -2.30. The van der Waals surface area contributed by atoms with Gasteiger partial charge in [0.1, 0.15) is 5.82 Å². The molecule has 1 heterocycles. The molecule has 128 valence electrons. The van der Waals surface area contributed by atoms with Crippen molar-refractivity contribution in [1.82, 2.24) is 9.88 Å². The zero-order valence-corrected chi connectivity index (χ0v) is 14.5. The van der Waals surface area contributed by atoms with Crippen LogP contribution in [-0.2, 0) is 0 Å². The zero-order valence-electron chi connectivity index (χ0n) is 14.5. The lowest BCUT2D eigenvalue weighted by Gasteiger charge is -2.19. The lowest BCUT2D eigenvalue weighted by atomic mass is 10.2. The smallest absolute Gasteiger partial charge is 0.254 e. The highest BCUT2D eigenvalue weighted by Crippen LogP contribution is 2.30. The van der Waals surface area contributed by atoms with Crippen LogP contribution >= 0.6 is 0 Å². The number of amides is 1. The Balaban J connectivity index is 2.22. The minimum absolute atomic E-state index is 0.00207. The highest BCUT2D eigenvalue weighted by Gasteiger charge is 2.13. The van der Waals surface area contributed by atoms with Crippen molar-refractivity contribution in [2.24, 2.45) is 0 Å². The number of ether oxygens (including phenoxy) is 2. The largest absolute Gasteiger partial charge is 0.493 e. The second-order valence-electron chi connectivity index (χ2n) is 5.10. The van der Waals surface area contributed by atoms with Crippen molar-refractivity contribution in [1.29, 1.82) is 0 Å². The quantitative estimate of drug-likeness (QED) is 0.844. The molecule has 0 atom stereocenters. The first kappa shape index (κ1) is 17.6. The van der Waals surface area contributed by atoms with Gasteiger partial charge in [-0.1, -0.05) is 0 Å². The third kappa shape index (κ3) is 3.95. The van der Waals surface area contributed by atoms with Crippen LogP contribution in [0.1, 0.15) is 24.2 Å². The van der Waals surface area contributed by atoms with Gasteiger partial charge >= 0.3 is 0 Å². The number of nitrogens with one attached hydrogen (secondary N) is 1. The molecule has 1 aromatic heterocycles. The van der Waals surface area contributed by atoms with E-state index < -0.39 is 0 Å². The molecule has 0 fully saturated rings. The van der Waals surface area contributed by atoms with Crippen molar-refractivity contribution in [3.8, 4) is 11.5 Å². The van der Waals surface area contributed by atoms with Crippen molar-refractivity contribution < 1.29 is 14.3 Å². The fourth-order valence-corrected chi connectivity index (χ4v) is 2.39. The number of nitrogens with zero attached hydrogens (tertiary/aromatic N) is 2. The predicted molar refractivity (Wildman–Crippen MR) is 94.3 cm³/mol. The molecule has 0 spiro atoms. The SMILES string of the molecule is CCN(CC)C(=O)c1ccnc(Nc2ccc(OC)c(OC)c2)c1. The molecule has 0 radical (unpaired) electrons. The van der Waals surface area contributed by atoms with Crippen molar-refractivity contribution in [3.05, 3.63) is 42.1 Å². The van der Waals surface area contributed by atoms with E-state index in [1.54, 1.807) is 37.4 Å². The molecule has 0 aliphatic heterocycles.